The largest absolute Gasteiger partial charge is 0.413 e. The fourth-order valence-corrected chi connectivity index (χ4v) is 2.60. The summed E-state index contributed by atoms with van der Waals surface area (Å²) in [5.74, 6) is 0. The van der Waals surface area contributed by atoms with Crippen LogP contribution in [0.5, 0.6) is 0 Å². The second-order valence-electron chi connectivity index (χ2n) is 7.54. The lowest BCUT2D eigenvalue weighted by Crippen LogP contribution is -2.41. The molecule has 24 heavy (non-hydrogen) atoms. The van der Waals surface area contributed by atoms with E-state index in [1.807, 2.05) is 6.08 Å². The Morgan fingerprint density at radius 3 is 2.29 bits per heavy atom. The minimum Gasteiger partial charge on any atom is -0.413 e. The van der Waals surface area contributed by atoms with Gasteiger partial charge in [0.25, 0.3) is 0 Å². The smallest absolute Gasteiger partial charge is 0.192 e. The van der Waals surface area contributed by atoms with Crippen molar-refractivity contribution in [1.82, 2.24) is 0 Å². The Morgan fingerprint density at radius 1 is 1.17 bits per heavy atom. The van der Waals surface area contributed by atoms with Gasteiger partial charge in [-0.25, -0.2) is 0 Å². The first-order chi connectivity index (χ1) is 11.0. The topological polar surface area (TPSA) is 57.2 Å². The van der Waals surface area contributed by atoms with Gasteiger partial charge in [-0.15, -0.1) is 6.58 Å². The molecule has 1 N–H and O–H groups in total. The summed E-state index contributed by atoms with van der Waals surface area (Å²) in [6.45, 7) is 17.9. The fraction of sp³-hybridized carbons (Fsp3) is 0.778. The molecule has 0 bridgehead atoms. The molecule has 0 aromatic rings. The molecule has 5 nitrogen and oxygen atoms in total. The van der Waals surface area contributed by atoms with E-state index in [4.69, 9.17) is 18.6 Å². The normalized spacial score (nSPS) is 17.0. The van der Waals surface area contributed by atoms with Crippen LogP contribution >= 0.6 is 0 Å². The first kappa shape index (κ1) is 23.5. The lowest BCUT2D eigenvalue weighted by atomic mass is 9.98. The maximum absolute atomic E-state index is 10.6. The van der Waals surface area contributed by atoms with E-state index in [2.05, 4.69) is 40.4 Å². The summed E-state index contributed by atoms with van der Waals surface area (Å²) in [7, 11) is -0.177. The molecule has 0 radical (unpaired) electrons. The first-order valence-electron chi connectivity index (χ1n) is 8.33. The number of aliphatic hydroxyl groups is 1. The Balaban J connectivity index is 4.44. The minimum atomic E-state index is -1.79. The first-order valence-corrected chi connectivity index (χ1v) is 11.2. The standard InChI is InChI=1S/C18H36O5Si/c1-9-16(22-15-21-14-13-20-6)18(5,19)11-10-12-23-24(7,8)17(2,3)4/h9-11,16,19H,1,12-15H2,2-8H3/b11-10+/t16-,18+/m1/s1. The van der Waals surface area contributed by atoms with Gasteiger partial charge in [-0.1, -0.05) is 39.0 Å². The molecule has 0 aliphatic carbocycles. The van der Waals surface area contributed by atoms with Crippen LogP contribution in [0.4, 0.5) is 0 Å². The Kier molecular flexibility index (Phi) is 10.3. The number of hydrogen-bond acceptors (Lipinski definition) is 5. The van der Waals surface area contributed by atoms with Gasteiger partial charge < -0.3 is 23.7 Å². The highest BCUT2D eigenvalue weighted by molar-refractivity contribution is 6.74. The SMILES string of the molecule is C=C[C@@H](OCOCCOC)[C@@](C)(O)/C=C/CO[Si](C)(C)C(C)(C)C. The Morgan fingerprint density at radius 2 is 1.79 bits per heavy atom. The summed E-state index contributed by atoms with van der Waals surface area (Å²) < 4.78 is 21.7. The van der Waals surface area contributed by atoms with Gasteiger partial charge in [0.2, 0.25) is 0 Å². The third-order valence-corrected chi connectivity index (χ3v) is 8.86. The number of ether oxygens (including phenoxy) is 3. The van der Waals surface area contributed by atoms with Crippen molar-refractivity contribution >= 4 is 8.32 Å². The molecule has 0 aliphatic rings. The molecular formula is C18H36O5Si. The van der Waals surface area contributed by atoms with Gasteiger partial charge in [0.15, 0.2) is 8.32 Å². The second kappa shape index (κ2) is 10.5. The highest BCUT2D eigenvalue weighted by Gasteiger charge is 2.36. The maximum atomic E-state index is 10.6. The van der Waals surface area contributed by atoms with E-state index in [1.165, 1.54) is 0 Å². The van der Waals surface area contributed by atoms with E-state index in [9.17, 15) is 5.11 Å². The van der Waals surface area contributed by atoms with Gasteiger partial charge in [-0.2, -0.15) is 0 Å². The van der Waals surface area contributed by atoms with Crippen molar-refractivity contribution in [3.63, 3.8) is 0 Å². The van der Waals surface area contributed by atoms with Gasteiger partial charge in [0, 0.05) is 7.11 Å². The highest BCUT2D eigenvalue weighted by atomic mass is 28.4. The van der Waals surface area contributed by atoms with E-state index in [0.29, 0.717) is 19.8 Å². The monoisotopic (exact) mass is 360 g/mol. The highest BCUT2D eigenvalue weighted by Crippen LogP contribution is 2.36. The molecule has 0 aromatic heterocycles. The molecular weight excluding hydrogens is 324 g/mol. The van der Waals surface area contributed by atoms with Crippen LogP contribution < -0.4 is 0 Å². The summed E-state index contributed by atoms with van der Waals surface area (Å²) in [5.41, 5.74) is -1.18. The molecule has 0 saturated heterocycles. The van der Waals surface area contributed by atoms with Gasteiger partial charge >= 0.3 is 0 Å². The van der Waals surface area contributed by atoms with Crippen LogP contribution in [0.2, 0.25) is 18.1 Å². The van der Waals surface area contributed by atoms with Crippen molar-refractivity contribution in [1.29, 1.82) is 0 Å². The predicted octanol–water partition coefficient (Wildman–Crippen LogP) is 3.51. The van der Waals surface area contributed by atoms with Crippen LogP contribution in [0.15, 0.2) is 24.8 Å². The van der Waals surface area contributed by atoms with Crippen LogP contribution in [0.1, 0.15) is 27.7 Å². The van der Waals surface area contributed by atoms with Crippen molar-refractivity contribution in [2.75, 3.05) is 33.7 Å². The Labute approximate surface area is 148 Å². The lowest BCUT2D eigenvalue weighted by molar-refractivity contribution is -0.128. The molecule has 6 heteroatoms. The van der Waals surface area contributed by atoms with Crippen LogP contribution in [-0.4, -0.2) is 58.9 Å². The summed E-state index contributed by atoms with van der Waals surface area (Å²) in [4.78, 5) is 0. The van der Waals surface area contributed by atoms with E-state index >= 15 is 0 Å². The van der Waals surface area contributed by atoms with Crippen LogP contribution in [-0.2, 0) is 18.6 Å². The Hall–Kier alpha value is -0.503. The molecule has 0 aromatic carbocycles. The van der Waals surface area contributed by atoms with E-state index in [1.54, 1.807) is 26.2 Å². The number of methoxy groups -OCH3 is 1. The Bertz CT molecular complexity index is 385. The third-order valence-electron chi connectivity index (χ3n) is 4.35. The van der Waals surface area contributed by atoms with Gasteiger partial charge in [-0.3, -0.25) is 0 Å². The lowest BCUT2D eigenvalue weighted by Gasteiger charge is -2.36. The van der Waals surface area contributed by atoms with E-state index < -0.39 is 20.0 Å². The zero-order valence-electron chi connectivity index (χ0n) is 16.4. The van der Waals surface area contributed by atoms with Crippen molar-refractivity contribution < 1.29 is 23.7 Å². The van der Waals surface area contributed by atoms with Gasteiger partial charge in [-0.05, 0) is 25.1 Å². The van der Waals surface area contributed by atoms with E-state index in [0.717, 1.165) is 0 Å². The minimum absolute atomic E-state index is 0.0739. The summed E-state index contributed by atoms with van der Waals surface area (Å²) in [6.07, 6.45) is 4.54. The zero-order chi connectivity index (χ0) is 18.9. The number of hydrogen-bond donors (Lipinski definition) is 1. The summed E-state index contributed by atoms with van der Waals surface area (Å²) in [6, 6.07) is 0. The third kappa shape index (κ3) is 8.55. The van der Waals surface area contributed by atoms with Crippen molar-refractivity contribution in [2.24, 2.45) is 0 Å². The molecule has 2 atom stereocenters. The molecule has 0 aliphatic heterocycles. The van der Waals surface area contributed by atoms with Gasteiger partial charge in [0.05, 0.1) is 19.8 Å². The van der Waals surface area contributed by atoms with Crippen molar-refractivity contribution in [3.05, 3.63) is 24.8 Å². The summed E-state index contributed by atoms with van der Waals surface area (Å²) in [5, 5.41) is 10.7. The molecule has 142 valence electrons. The molecule has 0 heterocycles. The average Bonchev–Trinajstić information content (AvgIpc) is 2.46. The van der Waals surface area contributed by atoms with Crippen molar-refractivity contribution in [2.45, 2.75) is 57.5 Å². The van der Waals surface area contributed by atoms with Crippen LogP contribution in [0, 0.1) is 0 Å². The van der Waals surface area contributed by atoms with Crippen LogP contribution in [0.3, 0.4) is 0 Å². The fourth-order valence-electron chi connectivity index (χ4n) is 1.65. The zero-order valence-corrected chi connectivity index (χ0v) is 17.4. The molecule has 0 amide bonds. The maximum Gasteiger partial charge on any atom is 0.192 e. The molecule has 0 rings (SSSR count). The summed E-state index contributed by atoms with van der Waals surface area (Å²) >= 11 is 0. The molecule has 0 fully saturated rings. The van der Waals surface area contributed by atoms with Gasteiger partial charge in [0.1, 0.15) is 18.5 Å². The second-order valence-corrected chi connectivity index (χ2v) is 12.4. The quantitative estimate of drug-likeness (QED) is 0.250. The molecule has 0 saturated carbocycles. The average molecular weight is 361 g/mol. The van der Waals surface area contributed by atoms with Crippen LogP contribution in [0.25, 0.3) is 0 Å². The molecule has 0 spiro atoms. The number of rotatable bonds is 12. The van der Waals surface area contributed by atoms with E-state index in [-0.39, 0.29) is 11.8 Å². The van der Waals surface area contributed by atoms with Crippen molar-refractivity contribution in [3.8, 4) is 0 Å². The predicted molar refractivity (Wildman–Crippen MR) is 101 cm³/mol. The molecule has 0 unspecified atom stereocenters.